The first-order valence-electron chi connectivity index (χ1n) is 27.3. The van der Waals surface area contributed by atoms with Crippen LogP contribution < -0.4 is 16.6 Å². The number of aromatic nitrogens is 2. The minimum atomic E-state index is -0.568. The maximum Gasteiger partial charge on any atom is 0.250 e. The van der Waals surface area contributed by atoms with Gasteiger partial charge in [-0.3, -0.25) is 24.6 Å². The number of fused-ring (bicyclic) bond motifs is 2. The zero-order chi connectivity index (χ0) is 58.2. The number of hydrogen-bond acceptors (Lipinski definition) is 13. The number of amidine groups is 2. The highest BCUT2D eigenvalue weighted by Gasteiger charge is 2.26. The molecule has 5 aromatic rings. The number of nitrogens with zero attached hydrogens (tertiary/aromatic N) is 8. The van der Waals surface area contributed by atoms with Crippen molar-refractivity contribution in [3.05, 3.63) is 160 Å². The average molecular weight is 1100 g/mol. The van der Waals surface area contributed by atoms with Crippen LogP contribution in [-0.4, -0.2) is 118 Å². The van der Waals surface area contributed by atoms with Crippen LogP contribution in [0.3, 0.4) is 0 Å². The summed E-state index contributed by atoms with van der Waals surface area (Å²) in [6.07, 6.45) is 21.7. The molecule has 0 aliphatic carbocycles. The molecule has 2 aliphatic rings. The molecule has 0 spiro atoms. The normalized spacial score (nSPS) is 13.1. The fourth-order valence-electron chi connectivity index (χ4n) is 9.57. The summed E-state index contributed by atoms with van der Waals surface area (Å²) in [5.41, 5.74) is 18.6. The van der Waals surface area contributed by atoms with Gasteiger partial charge in [0.25, 0.3) is 0 Å². The smallest absolute Gasteiger partial charge is 0.250 e. The zero-order valence-electron chi connectivity index (χ0n) is 47.2. The summed E-state index contributed by atoms with van der Waals surface area (Å²) in [4.78, 5) is 73.0. The second-order valence-corrected chi connectivity index (χ2v) is 20.2. The third-order valence-corrected chi connectivity index (χ3v) is 13.6. The number of nitrogens with two attached hydrogens (primary N) is 1. The third kappa shape index (κ3) is 15.4. The molecule has 5 N–H and O–H groups in total. The summed E-state index contributed by atoms with van der Waals surface area (Å²) in [7, 11) is 5.61. The van der Waals surface area contributed by atoms with E-state index in [2.05, 4.69) is 20.8 Å². The number of amides is 2. The van der Waals surface area contributed by atoms with E-state index < -0.39 is 11.6 Å². The molecule has 2 aliphatic heterocycles. The topological polar surface area (TPSA) is 198 Å². The molecule has 0 saturated heterocycles. The summed E-state index contributed by atoms with van der Waals surface area (Å²) in [5, 5.41) is 8.75. The molecule has 7 rings (SSSR count). The average Bonchev–Trinajstić information content (AvgIpc) is 3.65. The number of hydrazine groups is 1. The van der Waals surface area contributed by atoms with E-state index >= 15 is 8.78 Å². The molecule has 0 fully saturated rings. The maximum absolute atomic E-state index is 16.5. The number of aliphatic imine (C=N–C) groups is 2. The molecule has 0 radical (unpaired) electrons. The lowest BCUT2D eigenvalue weighted by Crippen LogP contribution is -2.37. The molecular weight excluding hydrogens is 1030 g/mol. The fourth-order valence-corrected chi connectivity index (χ4v) is 9.57. The van der Waals surface area contributed by atoms with Crippen molar-refractivity contribution >= 4 is 77.4 Å². The Balaban J connectivity index is 1.06. The van der Waals surface area contributed by atoms with Crippen molar-refractivity contribution in [2.75, 3.05) is 46.8 Å². The Morgan fingerprint density at radius 2 is 1.20 bits per heavy atom. The third-order valence-electron chi connectivity index (χ3n) is 13.6. The van der Waals surface area contributed by atoms with Gasteiger partial charge in [-0.1, -0.05) is 52.0 Å². The van der Waals surface area contributed by atoms with Gasteiger partial charge in [0.2, 0.25) is 11.8 Å². The molecule has 18 heteroatoms. The van der Waals surface area contributed by atoms with Gasteiger partial charge in [0.1, 0.15) is 29.1 Å². The molecule has 2 amide bonds. The van der Waals surface area contributed by atoms with Gasteiger partial charge >= 0.3 is 0 Å². The molecule has 3 heterocycles. The SMILES string of the molecule is CCCN(CCC)C(=O)C1=Cc2c(F)cc(-c3ccc(C=O)c(/C=C\N(C)CC(=N)/C=C\NNC4=Nc5cc(-c6ccc(C=O)c(/C=C\N(C)Cc7nccn7C)c6)cc(F)c5C=C(C(=O)N(CCC)CCC)C4)c3)cc2N=C(N)C1. The lowest BCUT2D eigenvalue weighted by atomic mass is 9.97. The lowest BCUT2D eigenvalue weighted by molar-refractivity contribution is -0.128. The van der Waals surface area contributed by atoms with E-state index in [1.165, 1.54) is 18.3 Å². The molecule has 422 valence electrons. The summed E-state index contributed by atoms with van der Waals surface area (Å²) in [6.45, 7) is 10.9. The van der Waals surface area contributed by atoms with Crippen molar-refractivity contribution < 1.29 is 28.0 Å². The number of hydrogen-bond donors (Lipinski definition) is 4. The van der Waals surface area contributed by atoms with Crippen LogP contribution in [0.15, 0.2) is 119 Å². The van der Waals surface area contributed by atoms with Crippen LogP contribution in [-0.2, 0) is 23.2 Å². The molecule has 16 nitrogen and oxygen atoms in total. The van der Waals surface area contributed by atoms with Crippen LogP contribution in [0.1, 0.15) is 115 Å². The molecule has 81 heavy (non-hydrogen) atoms. The molecule has 0 saturated carbocycles. The van der Waals surface area contributed by atoms with Crippen molar-refractivity contribution in [1.29, 1.82) is 5.41 Å². The molecule has 0 bridgehead atoms. The van der Waals surface area contributed by atoms with E-state index in [-0.39, 0.29) is 53.9 Å². The first-order valence-corrected chi connectivity index (χ1v) is 27.3. The quantitative estimate of drug-likeness (QED) is 0.0248. The van der Waals surface area contributed by atoms with Crippen molar-refractivity contribution in [1.82, 2.24) is 40.0 Å². The first kappa shape index (κ1) is 59.6. The van der Waals surface area contributed by atoms with Gasteiger partial charge in [-0.15, -0.1) is 0 Å². The number of benzene rings is 4. The second kappa shape index (κ2) is 28.2. The van der Waals surface area contributed by atoms with Crippen molar-refractivity contribution in [2.24, 2.45) is 22.8 Å². The number of aryl methyl sites for hydroxylation is 1. The van der Waals surface area contributed by atoms with E-state index in [0.717, 1.165) is 44.1 Å². The van der Waals surface area contributed by atoms with Gasteiger partial charge in [-0.25, -0.2) is 23.7 Å². The Morgan fingerprint density at radius 1 is 0.691 bits per heavy atom. The van der Waals surface area contributed by atoms with Crippen LogP contribution in [0.2, 0.25) is 0 Å². The Bertz CT molecular complexity index is 3380. The summed E-state index contributed by atoms with van der Waals surface area (Å²) < 4.78 is 34.4. The van der Waals surface area contributed by atoms with Gasteiger partial charge in [-0.05, 0) is 138 Å². The molecular formula is C63H72F2N12O4. The number of imidazole rings is 1. The minimum absolute atomic E-state index is 0.0540. The fraction of sp³-hybridized carbons (Fsp3) is 0.302. The highest BCUT2D eigenvalue weighted by molar-refractivity contribution is 6.07. The van der Waals surface area contributed by atoms with Crippen LogP contribution in [0, 0.1) is 17.0 Å². The van der Waals surface area contributed by atoms with E-state index in [1.807, 2.05) is 75.8 Å². The summed E-state index contributed by atoms with van der Waals surface area (Å²) >= 11 is 0. The first-order chi connectivity index (χ1) is 39.1. The van der Waals surface area contributed by atoms with E-state index in [1.54, 1.807) is 101 Å². The van der Waals surface area contributed by atoms with Gasteiger partial charge < -0.3 is 40.7 Å². The predicted molar refractivity (Wildman–Crippen MR) is 321 cm³/mol. The minimum Gasteiger partial charge on any atom is -0.387 e. The Morgan fingerprint density at radius 3 is 1.69 bits per heavy atom. The maximum atomic E-state index is 16.5. The number of carbonyl (C=O) groups is 4. The van der Waals surface area contributed by atoms with Crippen molar-refractivity contribution in [3.8, 4) is 22.3 Å². The highest BCUT2D eigenvalue weighted by Crippen LogP contribution is 2.37. The van der Waals surface area contributed by atoms with Gasteiger partial charge in [0, 0.05) is 112 Å². The number of halogens is 2. The van der Waals surface area contributed by atoms with Crippen molar-refractivity contribution in [2.45, 2.75) is 72.8 Å². The van der Waals surface area contributed by atoms with Gasteiger partial charge in [-0.2, -0.15) is 0 Å². The summed E-state index contributed by atoms with van der Waals surface area (Å²) in [6, 6.07) is 16.7. The largest absolute Gasteiger partial charge is 0.387 e. The number of rotatable bonds is 25. The zero-order valence-corrected chi connectivity index (χ0v) is 47.2. The van der Waals surface area contributed by atoms with Crippen LogP contribution in [0.4, 0.5) is 20.2 Å². The van der Waals surface area contributed by atoms with Gasteiger partial charge in [0.15, 0.2) is 12.6 Å². The number of aldehydes is 2. The van der Waals surface area contributed by atoms with E-state index in [0.29, 0.717) is 106 Å². The highest BCUT2D eigenvalue weighted by atomic mass is 19.1. The van der Waals surface area contributed by atoms with Crippen LogP contribution >= 0.6 is 0 Å². The Kier molecular flexibility index (Phi) is 20.7. The van der Waals surface area contributed by atoms with Crippen molar-refractivity contribution in [3.63, 3.8) is 0 Å². The predicted octanol–water partition coefficient (Wildman–Crippen LogP) is 10.9. The summed E-state index contributed by atoms with van der Waals surface area (Å²) in [5.74, 6) is -0.135. The standard InChI is InChI=1S/C63H72F2N12O4/c1-8-21-76(22-9-2)62(80)50-30-53-55(64)32-48(34-57(53)70-59(67)36-50)42-12-14-46(40-78)44(28-42)17-25-73(5)38-52(66)16-19-69-72-60-37-51(63(81)77(23-10-3)24-11-4)31-54-56(65)33-49(35-58(54)71-60)43-13-15-47(41-79)45(29-43)18-26-74(6)39-61-68-20-27-75(61)7/h12-20,25-35,40-41,66,69H,8-11,21-24,36-39H2,1-7H3,(H2,67,70)(H,71,72)/b19-16-,25-17-,26-18-,66-52?. The molecule has 0 unspecified atom stereocenters. The monoisotopic (exact) mass is 1100 g/mol. The number of carbonyl (C=O) groups excluding carboxylic acids is 4. The molecule has 1 aromatic heterocycles. The van der Waals surface area contributed by atoms with E-state index in [4.69, 9.17) is 16.1 Å². The van der Waals surface area contributed by atoms with Gasteiger partial charge in [0.05, 0.1) is 30.2 Å². The molecule has 0 atom stereocenters. The Labute approximate surface area is 473 Å². The second-order valence-electron chi connectivity index (χ2n) is 20.2. The Hall–Kier alpha value is -9.06. The molecule has 4 aromatic carbocycles. The van der Waals surface area contributed by atoms with Crippen LogP contribution in [0.25, 0.3) is 46.6 Å². The van der Waals surface area contributed by atoms with Crippen LogP contribution in [0.5, 0.6) is 0 Å². The lowest BCUT2D eigenvalue weighted by Gasteiger charge is -2.23. The van der Waals surface area contributed by atoms with E-state index in [9.17, 15) is 19.2 Å². The number of nitrogens with one attached hydrogen (secondary N) is 3.